The van der Waals surface area contributed by atoms with Crippen molar-refractivity contribution in [1.82, 2.24) is 29.5 Å². The van der Waals surface area contributed by atoms with Gasteiger partial charge in [-0.15, -0.1) is 0 Å². The quantitative estimate of drug-likeness (QED) is 0.723. The number of rotatable bonds is 3. The molecular formula is C20H24N6O3. The number of nitrogens with one attached hydrogen (secondary N) is 1. The molecule has 9 nitrogen and oxygen atoms in total. The molecule has 0 radical (unpaired) electrons. The van der Waals surface area contributed by atoms with Gasteiger partial charge in [-0.05, 0) is 6.42 Å². The minimum absolute atomic E-state index is 0.0174. The summed E-state index contributed by atoms with van der Waals surface area (Å²) < 4.78 is 6.40. The van der Waals surface area contributed by atoms with E-state index in [-0.39, 0.29) is 28.8 Å². The summed E-state index contributed by atoms with van der Waals surface area (Å²) in [5.41, 5.74) is 2.42. The maximum absolute atomic E-state index is 12.7. The summed E-state index contributed by atoms with van der Waals surface area (Å²) in [5, 5.41) is 3.13. The minimum Gasteiger partial charge on any atom is -0.467 e. The number of amides is 1. The van der Waals surface area contributed by atoms with Gasteiger partial charge in [0.2, 0.25) is 0 Å². The number of ether oxygens (including phenoxy) is 1. The summed E-state index contributed by atoms with van der Waals surface area (Å²) in [5.74, 6) is -0.117. The highest BCUT2D eigenvalue weighted by molar-refractivity contribution is 5.93. The first-order chi connectivity index (χ1) is 13.8. The molecular weight excluding hydrogens is 372 g/mol. The van der Waals surface area contributed by atoms with E-state index in [9.17, 15) is 9.59 Å². The fraction of sp³-hybridized carbons (Fsp3) is 0.450. The molecule has 3 aromatic rings. The van der Waals surface area contributed by atoms with Gasteiger partial charge in [-0.3, -0.25) is 14.7 Å². The van der Waals surface area contributed by atoms with Crippen molar-refractivity contribution in [2.75, 3.05) is 20.2 Å². The molecule has 1 amide bonds. The number of likely N-dealkylation sites (tertiary alicyclic amines) is 1. The highest BCUT2D eigenvalue weighted by Gasteiger charge is 2.30. The zero-order chi connectivity index (χ0) is 20.8. The Hall–Kier alpha value is -3.23. The van der Waals surface area contributed by atoms with Crippen LogP contribution >= 0.6 is 0 Å². The van der Waals surface area contributed by atoms with Crippen molar-refractivity contribution in [3.05, 3.63) is 51.8 Å². The van der Waals surface area contributed by atoms with Crippen LogP contribution in [-0.2, 0) is 5.41 Å². The number of H-pyrrole nitrogens is 1. The summed E-state index contributed by atoms with van der Waals surface area (Å²) in [6.07, 6.45) is 3.68. The van der Waals surface area contributed by atoms with Gasteiger partial charge in [0, 0.05) is 54.6 Å². The zero-order valence-electron chi connectivity index (χ0n) is 17.0. The van der Waals surface area contributed by atoms with Gasteiger partial charge in [-0.2, -0.15) is 0 Å². The Morgan fingerprint density at radius 3 is 2.62 bits per heavy atom. The van der Waals surface area contributed by atoms with Crippen LogP contribution < -0.4 is 10.3 Å². The third-order valence-corrected chi connectivity index (χ3v) is 5.23. The fourth-order valence-corrected chi connectivity index (χ4v) is 3.50. The number of aromatic nitrogens is 5. The first kappa shape index (κ1) is 19.1. The Morgan fingerprint density at radius 2 is 1.97 bits per heavy atom. The molecule has 0 aliphatic carbocycles. The molecule has 1 unspecified atom stereocenters. The molecule has 0 spiro atoms. The van der Waals surface area contributed by atoms with Crippen LogP contribution in [0.5, 0.6) is 6.01 Å². The number of carbonyl (C=O) groups is 1. The number of aromatic amines is 1. The minimum atomic E-state index is -0.145. The molecule has 0 bridgehead atoms. The number of hydrogen-bond donors (Lipinski definition) is 1. The van der Waals surface area contributed by atoms with Crippen LogP contribution in [0.1, 0.15) is 54.9 Å². The van der Waals surface area contributed by atoms with Crippen LogP contribution in [0.4, 0.5) is 0 Å². The molecule has 0 saturated carbocycles. The molecule has 1 aliphatic heterocycles. The smallest absolute Gasteiger partial charge is 0.316 e. The molecule has 4 rings (SSSR count). The van der Waals surface area contributed by atoms with E-state index in [0.29, 0.717) is 24.3 Å². The average molecular weight is 396 g/mol. The second kappa shape index (κ2) is 6.98. The van der Waals surface area contributed by atoms with Gasteiger partial charge < -0.3 is 9.64 Å². The number of hydrogen-bond acceptors (Lipinski definition) is 6. The molecule has 1 fully saturated rings. The van der Waals surface area contributed by atoms with Crippen molar-refractivity contribution in [3.8, 4) is 6.01 Å². The van der Waals surface area contributed by atoms with E-state index in [2.05, 4.69) is 35.8 Å². The van der Waals surface area contributed by atoms with E-state index < -0.39 is 0 Å². The third-order valence-electron chi connectivity index (χ3n) is 5.23. The van der Waals surface area contributed by atoms with Crippen LogP contribution in [0.2, 0.25) is 0 Å². The highest BCUT2D eigenvalue weighted by atomic mass is 16.5. The molecule has 1 atom stereocenters. The van der Waals surface area contributed by atoms with Crippen molar-refractivity contribution in [2.45, 2.75) is 38.5 Å². The lowest BCUT2D eigenvalue weighted by Gasteiger charge is -2.16. The van der Waals surface area contributed by atoms with E-state index >= 15 is 0 Å². The van der Waals surface area contributed by atoms with Gasteiger partial charge in [-0.1, -0.05) is 20.8 Å². The van der Waals surface area contributed by atoms with Crippen molar-refractivity contribution in [1.29, 1.82) is 0 Å². The monoisotopic (exact) mass is 396 g/mol. The second-order valence-electron chi connectivity index (χ2n) is 8.33. The van der Waals surface area contributed by atoms with Crippen molar-refractivity contribution in [2.24, 2.45) is 0 Å². The van der Waals surface area contributed by atoms with Gasteiger partial charge >= 0.3 is 6.01 Å². The zero-order valence-corrected chi connectivity index (χ0v) is 17.0. The number of fused-ring (bicyclic) bond motifs is 1. The van der Waals surface area contributed by atoms with E-state index in [1.807, 2.05) is 6.07 Å². The number of nitrogens with zero attached hydrogens (tertiary/aromatic N) is 5. The fourth-order valence-electron chi connectivity index (χ4n) is 3.50. The first-order valence-corrected chi connectivity index (χ1v) is 9.55. The molecule has 0 aromatic carbocycles. The van der Waals surface area contributed by atoms with Crippen molar-refractivity contribution >= 4 is 11.6 Å². The Morgan fingerprint density at radius 1 is 1.24 bits per heavy atom. The van der Waals surface area contributed by atoms with Crippen molar-refractivity contribution < 1.29 is 9.53 Å². The average Bonchev–Trinajstić information content (AvgIpc) is 3.35. The Labute approximate surface area is 167 Å². The van der Waals surface area contributed by atoms with Crippen LogP contribution in [0.25, 0.3) is 5.65 Å². The van der Waals surface area contributed by atoms with Crippen LogP contribution in [0, 0.1) is 0 Å². The van der Waals surface area contributed by atoms with E-state index in [0.717, 1.165) is 17.8 Å². The lowest BCUT2D eigenvalue weighted by molar-refractivity contribution is 0.0789. The predicted molar refractivity (Wildman–Crippen MR) is 106 cm³/mol. The van der Waals surface area contributed by atoms with Crippen LogP contribution in [0.3, 0.4) is 0 Å². The van der Waals surface area contributed by atoms with Crippen molar-refractivity contribution in [3.63, 3.8) is 0 Å². The predicted octanol–water partition coefficient (Wildman–Crippen LogP) is 1.75. The molecule has 3 aromatic heterocycles. The molecule has 1 saturated heterocycles. The van der Waals surface area contributed by atoms with E-state index in [1.165, 1.54) is 24.0 Å². The van der Waals surface area contributed by atoms with Gasteiger partial charge in [0.05, 0.1) is 18.4 Å². The van der Waals surface area contributed by atoms with Crippen LogP contribution in [0.15, 0.2) is 29.3 Å². The number of methoxy groups -OCH3 is 1. The summed E-state index contributed by atoms with van der Waals surface area (Å²) in [4.78, 5) is 39.7. The largest absolute Gasteiger partial charge is 0.467 e. The summed E-state index contributed by atoms with van der Waals surface area (Å²) in [6.45, 7) is 7.33. The summed E-state index contributed by atoms with van der Waals surface area (Å²) in [7, 11) is 1.48. The third kappa shape index (κ3) is 3.59. The topological polar surface area (TPSA) is 105 Å². The second-order valence-corrected chi connectivity index (χ2v) is 8.33. The Kier molecular flexibility index (Phi) is 4.60. The summed E-state index contributed by atoms with van der Waals surface area (Å²) in [6, 6.07) is 3.70. The number of carbonyl (C=O) groups excluding carboxylic acids is 1. The van der Waals surface area contributed by atoms with Gasteiger partial charge in [0.15, 0.2) is 5.65 Å². The molecule has 4 heterocycles. The first-order valence-electron chi connectivity index (χ1n) is 9.55. The summed E-state index contributed by atoms with van der Waals surface area (Å²) >= 11 is 0. The standard InChI is InChI=1S/C20H24N6O3/c1-20(2,3)15-8-16-23-14(7-17(27)26(16)24-15)12-5-6-25(11-12)18(28)13-9-21-19(29-4)22-10-13/h7-10,12,24H,5-6,11H2,1-4H3. The lowest BCUT2D eigenvalue weighted by atomic mass is 9.93. The SMILES string of the molecule is COc1ncc(C(=O)N2CCC(c3cc(=O)n4[nH]c(C(C)(C)C)cc4n3)C2)cn1. The Balaban J connectivity index is 1.56. The van der Waals surface area contributed by atoms with Crippen LogP contribution in [-0.4, -0.2) is 55.6 Å². The van der Waals surface area contributed by atoms with E-state index in [1.54, 1.807) is 11.0 Å². The molecule has 1 aliphatic rings. The maximum Gasteiger partial charge on any atom is 0.316 e. The Bertz CT molecular complexity index is 1110. The lowest BCUT2D eigenvalue weighted by Crippen LogP contribution is -2.29. The molecule has 1 N–H and O–H groups in total. The maximum atomic E-state index is 12.7. The highest BCUT2D eigenvalue weighted by Crippen LogP contribution is 2.27. The molecule has 29 heavy (non-hydrogen) atoms. The van der Waals surface area contributed by atoms with Gasteiger partial charge in [-0.25, -0.2) is 19.5 Å². The van der Waals surface area contributed by atoms with Gasteiger partial charge in [0.25, 0.3) is 11.5 Å². The normalized spacial score (nSPS) is 17.1. The van der Waals surface area contributed by atoms with E-state index in [4.69, 9.17) is 9.72 Å². The van der Waals surface area contributed by atoms with Gasteiger partial charge in [0.1, 0.15) is 0 Å². The molecule has 152 valence electrons. The molecule has 9 heteroatoms.